The minimum Gasteiger partial charge on any atom is -0.497 e. The monoisotopic (exact) mass is 430 g/mol. The fraction of sp³-hybridized carbons (Fsp3) is 0.679. The maximum atomic E-state index is 11.8. The van der Waals surface area contributed by atoms with Gasteiger partial charge in [0.2, 0.25) is 0 Å². The van der Waals surface area contributed by atoms with Gasteiger partial charge < -0.3 is 9.47 Å². The Morgan fingerprint density at radius 1 is 0.710 bits per heavy atom. The molecule has 0 bridgehead atoms. The second kappa shape index (κ2) is 20.2. The van der Waals surface area contributed by atoms with Crippen molar-refractivity contribution in [1.82, 2.24) is 0 Å². The van der Waals surface area contributed by atoms with Crippen molar-refractivity contribution in [3.63, 3.8) is 0 Å². The van der Waals surface area contributed by atoms with Gasteiger partial charge >= 0.3 is 5.97 Å². The molecule has 0 aliphatic rings. The normalized spacial score (nSPS) is 11.2. The molecule has 0 aromatic heterocycles. The van der Waals surface area contributed by atoms with E-state index in [-0.39, 0.29) is 5.97 Å². The molecule has 0 radical (unpaired) electrons. The van der Waals surface area contributed by atoms with Crippen molar-refractivity contribution in [3.05, 3.63) is 35.9 Å². The highest BCUT2D eigenvalue weighted by Gasteiger charge is 1.98. The summed E-state index contributed by atoms with van der Waals surface area (Å²) in [6.45, 7) is 2.80. The van der Waals surface area contributed by atoms with Crippen LogP contribution >= 0.6 is 0 Å². The molecule has 176 valence electrons. The Labute approximate surface area is 191 Å². The van der Waals surface area contributed by atoms with Crippen LogP contribution in [0.5, 0.6) is 5.75 Å². The van der Waals surface area contributed by atoms with E-state index in [9.17, 15) is 4.79 Å². The number of rotatable bonds is 20. The van der Waals surface area contributed by atoms with Gasteiger partial charge in [-0.05, 0) is 30.2 Å². The van der Waals surface area contributed by atoms with Crippen LogP contribution in [-0.2, 0) is 9.53 Å². The molecule has 3 nitrogen and oxygen atoms in total. The second-order valence-electron chi connectivity index (χ2n) is 8.58. The molecule has 3 heteroatoms. The first-order valence-corrected chi connectivity index (χ1v) is 12.7. The lowest BCUT2D eigenvalue weighted by Gasteiger charge is -2.04. The van der Waals surface area contributed by atoms with Crippen LogP contribution in [0, 0.1) is 0 Å². The zero-order chi connectivity index (χ0) is 22.4. The van der Waals surface area contributed by atoms with E-state index < -0.39 is 0 Å². The fourth-order valence-corrected chi connectivity index (χ4v) is 3.75. The van der Waals surface area contributed by atoms with Crippen molar-refractivity contribution in [2.45, 2.75) is 110 Å². The molecular weight excluding hydrogens is 384 g/mol. The summed E-state index contributed by atoms with van der Waals surface area (Å²) in [5.74, 6) is 0.542. The van der Waals surface area contributed by atoms with E-state index in [1.165, 1.54) is 96.0 Å². The van der Waals surface area contributed by atoms with Gasteiger partial charge in [-0.1, -0.05) is 115 Å². The molecule has 0 heterocycles. The van der Waals surface area contributed by atoms with Crippen molar-refractivity contribution in [2.75, 3.05) is 13.7 Å². The molecule has 0 fully saturated rings. The Bertz CT molecular complexity index is 562. The summed E-state index contributed by atoms with van der Waals surface area (Å²) in [6.07, 6.45) is 24.8. The number of hydrogen-bond acceptors (Lipinski definition) is 3. The molecule has 1 aromatic carbocycles. The molecule has 0 N–H and O–H groups in total. The maximum absolute atomic E-state index is 11.8. The van der Waals surface area contributed by atoms with Gasteiger partial charge in [0.25, 0.3) is 0 Å². The highest BCUT2D eigenvalue weighted by molar-refractivity contribution is 5.87. The summed E-state index contributed by atoms with van der Waals surface area (Å²) in [4.78, 5) is 11.8. The highest BCUT2D eigenvalue weighted by atomic mass is 16.5. The fourth-order valence-electron chi connectivity index (χ4n) is 3.75. The lowest BCUT2D eigenvalue weighted by molar-refractivity contribution is -0.137. The van der Waals surface area contributed by atoms with Crippen LogP contribution in [0.1, 0.15) is 115 Å². The molecule has 0 spiro atoms. The Kier molecular flexibility index (Phi) is 17.7. The summed E-state index contributed by atoms with van der Waals surface area (Å²) in [5.41, 5.74) is 0.958. The van der Waals surface area contributed by atoms with Gasteiger partial charge in [0.05, 0.1) is 13.7 Å². The largest absolute Gasteiger partial charge is 0.497 e. The smallest absolute Gasteiger partial charge is 0.330 e. The number of esters is 1. The van der Waals surface area contributed by atoms with Gasteiger partial charge in [-0.2, -0.15) is 0 Å². The number of carbonyl (C=O) groups is 1. The standard InChI is InChI=1S/C28H46O3/c1-3-4-5-6-7-8-9-10-11-12-13-14-15-16-17-18-25-31-28(29)24-21-26-19-22-27(30-2)23-20-26/h19-24H,3-18,25H2,1-2H3. The van der Waals surface area contributed by atoms with Crippen molar-refractivity contribution in [1.29, 1.82) is 0 Å². The van der Waals surface area contributed by atoms with E-state index in [0.717, 1.165) is 24.2 Å². The molecule has 0 aliphatic carbocycles. The first kappa shape index (κ1) is 27.3. The van der Waals surface area contributed by atoms with Crippen LogP contribution in [0.25, 0.3) is 6.08 Å². The molecule has 1 aromatic rings. The number of hydrogen-bond donors (Lipinski definition) is 0. The quantitative estimate of drug-likeness (QED) is 0.118. The van der Waals surface area contributed by atoms with Gasteiger partial charge in [-0.25, -0.2) is 4.79 Å². The summed E-state index contributed by atoms with van der Waals surface area (Å²) in [7, 11) is 1.64. The Hall–Kier alpha value is -1.77. The molecule has 0 atom stereocenters. The third-order valence-electron chi connectivity index (χ3n) is 5.77. The topological polar surface area (TPSA) is 35.5 Å². The van der Waals surface area contributed by atoms with E-state index in [2.05, 4.69) is 6.92 Å². The van der Waals surface area contributed by atoms with Gasteiger partial charge in [0.15, 0.2) is 0 Å². The molecule has 0 amide bonds. The Morgan fingerprint density at radius 2 is 1.16 bits per heavy atom. The number of unbranched alkanes of at least 4 members (excludes halogenated alkanes) is 15. The van der Waals surface area contributed by atoms with Crippen LogP contribution in [0.2, 0.25) is 0 Å². The van der Waals surface area contributed by atoms with Crippen LogP contribution in [-0.4, -0.2) is 19.7 Å². The van der Waals surface area contributed by atoms with E-state index in [0.29, 0.717) is 6.61 Å². The first-order valence-electron chi connectivity index (χ1n) is 12.7. The van der Waals surface area contributed by atoms with E-state index >= 15 is 0 Å². The first-order chi connectivity index (χ1) is 15.3. The molecule has 1 rings (SSSR count). The molecule has 0 saturated heterocycles. The van der Waals surface area contributed by atoms with E-state index in [1.54, 1.807) is 13.2 Å². The van der Waals surface area contributed by atoms with Crippen molar-refractivity contribution < 1.29 is 14.3 Å². The summed E-state index contributed by atoms with van der Waals surface area (Å²) < 4.78 is 10.4. The second-order valence-corrected chi connectivity index (χ2v) is 8.58. The van der Waals surface area contributed by atoms with Crippen LogP contribution in [0.3, 0.4) is 0 Å². The van der Waals surface area contributed by atoms with Crippen molar-refractivity contribution >= 4 is 12.0 Å². The average molecular weight is 431 g/mol. The Morgan fingerprint density at radius 3 is 1.61 bits per heavy atom. The molecule has 0 aliphatic heterocycles. The van der Waals surface area contributed by atoms with Gasteiger partial charge in [0, 0.05) is 6.08 Å². The zero-order valence-electron chi connectivity index (χ0n) is 20.2. The predicted octanol–water partition coefficient (Wildman–Crippen LogP) is 8.51. The van der Waals surface area contributed by atoms with Gasteiger partial charge in [0.1, 0.15) is 5.75 Å². The SMILES string of the molecule is CCCCCCCCCCCCCCCCCCOC(=O)C=Cc1ccc(OC)cc1. The maximum Gasteiger partial charge on any atom is 0.330 e. The highest BCUT2D eigenvalue weighted by Crippen LogP contribution is 2.14. The van der Waals surface area contributed by atoms with E-state index in [4.69, 9.17) is 9.47 Å². The zero-order valence-corrected chi connectivity index (χ0v) is 20.2. The molecule has 31 heavy (non-hydrogen) atoms. The lowest BCUT2D eigenvalue weighted by atomic mass is 10.0. The van der Waals surface area contributed by atoms with Gasteiger partial charge in [-0.3, -0.25) is 0 Å². The number of methoxy groups -OCH3 is 1. The number of benzene rings is 1. The number of carbonyl (C=O) groups excluding carboxylic acids is 1. The Balaban J connectivity index is 1.83. The molecular formula is C28H46O3. The average Bonchev–Trinajstić information content (AvgIpc) is 2.80. The summed E-state index contributed by atoms with van der Waals surface area (Å²) in [5, 5.41) is 0. The summed E-state index contributed by atoms with van der Waals surface area (Å²) in [6, 6.07) is 7.58. The predicted molar refractivity (Wildman–Crippen MR) is 133 cm³/mol. The van der Waals surface area contributed by atoms with Crippen LogP contribution in [0.15, 0.2) is 30.3 Å². The third-order valence-corrected chi connectivity index (χ3v) is 5.77. The minimum atomic E-state index is -0.267. The lowest BCUT2D eigenvalue weighted by Crippen LogP contribution is -2.02. The van der Waals surface area contributed by atoms with E-state index in [1.807, 2.05) is 24.3 Å². The van der Waals surface area contributed by atoms with Crippen molar-refractivity contribution in [2.24, 2.45) is 0 Å². The van der Waals surface area contributed by atoms with Crippen molar-refractivity contribution in [3.8, 4) is 5.75 Å². The third kappa shape index (κ3) is 16.6. The van der Waals surface area contributed by atoms with Crippen LogP contribution < -0.4 is 4.74 Å². The number of ether oxygens (including phenoxy) is 2. The summed E-state index contributed by atoms with van der Waals surface area (Å²) >= 11 is 0. The molecule has 0 saturated carbocycles. The van der Waals surface area contributed by atoms with Gasteiger partial charge in [-0.15, -0.1) is 0 Å². The van der Waals surface area contributed by atoms with Crippen LogP contribution in [0.4, 0.5) is 0 Å². The minimum absolute atomic E-state index is 0.267. The molecule has 0 unspecified atom stereocenters.